The van der Waals surface area contributed by atoms with E-state index >= 15 is 0 Å². The molecule has 0 N–H and O–H groups in total. The Morgan fingerprint density at radius 2 is 1.80 bits per heavy atom. The first-order valence-corrected chi connectivity index (χ1v) is 6.87. The van der Waals surface area contributed by atoms with Crippen molar-refractivity contribution in [1.82, 2.24) is 4.57 Å². The first-order valence-electron chi connectivity index (χ1n) is 6.12. The number of nitrogens with zero attached hydrogens (tertiary/aromatic N) is 2. The highest BCUT2D eigenvalue weighted by atomic mass is 35.5. The minimum atomic E-state index is 0.452. The van der Waals surface area contributed by atoms with E-state index in [1.165, 1.54) is 0 Å². The summed E-state index contributed by atoms with van der Waals surface area (Å²) in [5, 5.41) is 11.2. The zero-order valence-corrected chi connectivity index (χ0v) is 12.0. The molecule has 98 valence electrons. The van der Waals surface area contributed by atoms with E-state index < -0.39 is 0 Å². The number of halogens is 2. The fraction of sp³-hybridized carbons (Fsp3) is 0.0625. The van der Waals surface area contributed by atoms with Gasteiger partial charge in [-0.2, -0.15) is 5.26 Å². The Balaban J connectivity index is 2.22. The van der Waals surface area contributed by atoms with Gasteiger partial charge >= 0.3 is 0 Å². The molecular weight excluding hydrogens is 291 g/mol. The van der Waals surface area contributed by atoms with Gasteiger partial charge in [0, 0.05) is 17.0 Å². The molecule has 0 spiro atoms. The highest BCUT2D eigenvalue weighted by molar-refractivity contribution is 6.33. The van der Waals surface area contributed by atoms with Crippen LogP contribution >= 0.6 is 23.2 Å². The molecule has 0 aliphatic carbocycles. The summed E-state index contributed by atoms with van der Waals surface area (Å²) in [6, 6.07) is 17.6. The molecule has 0 bridgehead atoms. The topological polar surface area (TPSA) is 28.7 Å². The molecule has 0 unspecified atom stereocenters. The Bertz CT molecular complexity index is 814. The van der Waals surface area contributed by atoms with E-state index in [4.69, 9.17) is 23.2 Å². The number of hydrogen-bond donors (Lipinski definition) is 0. The Morgan fingerprint density at radius 3 is 2.50 bits per heavy atom. The molecule has 1 aromatic heterocycles. The Morgan fingerprint density at radius 1 is 1.05 bits per heavy atom. The van der Waals surface area contributed by atoms with Gasteiger partial charge in [-0.25, -0.2) is 0 Å². The van der Waals surface area contributed by atoms with Crippen LogP contribution in [-0.4, -0.2) is 4.57 Å². The highest BCUT2D eigenvalue weighted by Crippen LogP contribution is 2.32. The zero-order valence-electron chi connectivity index (χ0n) is 10.5. The normalized spacial score (nSPS) is 10.7. The second kappa shape index (κ2) is 5.20. The summed E-state index contributed by atoms with van der Waals surface area (Å²) in [5.74, 6) is 0. The van der Waals surface area contributed by atoms with Crippen LogP contribution in [0.4, 0.5) is 0 Å². The van der Waals surface area contributed by atoms with Crippen molar-refractivity contribution >= 4 is 34.1 Å². The van der Waals surface area contributed by atoms with Crippen LogP contribution in [0.3, 0.4) is 0 Å². The second-order valence-electron chi connectivity index (χ2n) is 4.51. The van der Waals surface area contributed by atoms with E-state index in [-0.39, 0.29) is 0 Å². The van der Waals surface area contributed by atoms with Crippen molar-refractivity contribution in [3.8, 4) is 6.07 Å². The van der Waals surface area contributed by atoms with E-state index in [9.17, 15) is 5.26 Å². The Hall–Kier alpha value is -1.95. The van der Waals surface area contributed by atoms with Crippen molar-refractivity contribution in [1.29, 1.82) is 5.26 Å². The van der Waals surface area contributed by atoms with Crippen LogP contribution in [0.1, 0.15) is 11.1 Å². The molecule has 2 aromatic carbocycles. The summed E-state index contributed by atoms with van der Waals surface area (Å²) in [5.41, 5.74) is 2.49. The first-order chi connectivity index (χ1) is 9.70. The van der Waals surface area contributed by atoms with Crippen LogP contribution in [-0.2, 0) is 6.54 Å². The van der Waals surface area contributed by atoms with Gasteiger partial charge in [-0.1, -0.05) is 53.5 Å². The molecule has 3 aromatic rings. The number of nitriles is 1. The molecule has 1 heterocycles. The maximum absolute atomic E-state index is 9.28. The lowest BCUT2D eigenvalue weighted by atomic mass is 10.2. The Kier molecular flexibility index (Phi) is 3.40. The lowest BCUT2D eigenvalue weighted by molar-refractivity contribution is 0.837. The zero-order chi connectivity index (χ0) is 14.1. The van der Waals surface area contributed by atoms with Gasteiger partial charge in [0.05, 0.1) is 11.1 Å². The molecule has 0 aliphatic heterocycles. The molecule has 3 rings (SSSR count). The Labute approximate surface area is 126 Å². The fourth-order valence-electron chi connectivity index (χ4n) is 2.32. The quantitative estimate of drug-likeness (QED) is 0.664. The van der Waals surface area contributed by atoms with Gasteiger partial charge in [0.15, 0.2) is 0 Å². The van der Waals surface area contributed by atoms with Crippen LogP contribution in [0.2, 0.25) is 10.2 Å². The van der Waals surface area contributed by atoms with Crippen LogP contribution < -0.4 is 0 Å². The minimum Gasteiger partial charge on any atom is -0.326 e. The van der Waals surface area contributed by atoms with Crippen molar-refractivity contribution in [2.75, 3.05) is 0 Å². The third-order valence-corrected chi connectivity index (χ3v) is 3.89. The average Bonchev–Trinajstić information content (AvgIpc) is 2.72. The predicted molar refractivity (Wildman–Crippen MR) is 82.2 cm³/mol. The van der Waals surface area contributed by atoms with E-state index in [1.54, 1.807) is 6.07 Å². The summed E-state index contributed by atoms with van der Waals surface area (Å²) >= 11 is 12.4. The fourth-order valence-corrected chi connectivity index (χ4v) is 2.78. The number of fused-ring (bicyclic) bond motifs is 1. The largest absolute Gasteiger partial charge is 0.326 e. The van der Waals surface area contributed by atoms with Crippen molar-refractivity contribution in [2.24, 2.45) is 0 Å². The maximum atomic E-state index is 9.28. The van der Waals surface area contributed by atoms with Gasteiger partial charge in [0.2, 0.25) is 0 Å². The molecule has 4 heteroatoms. The number of hydrogen-bond acceptors (Lipinski definition) is 1. The molecule has 2 nitrogen and oxygen atoms in total. The molecular formula is C16H10Cl2N2. The summed E-state index contributed by atoms with van der Waals surface area (Å²) < 4.78 is 1.91. The van der Waals surface area contributed by atoms with Crippen molar-refractivity contribution in [3.05, 3.63) is 69.8 Å². The standard InChI is InChI=1S/C16H10Cl2N2/c17-12-6-7-13-14(9-19)16(18)20(15(13)8-12)10-11-4-2-1-3-5-11/h1-8H,10H2. The summed E-state index contributed by atoms with van der Waals surface area (Å²) in [7, 11) is 0. The van der Waals surface area contributed by atoms with Gasteiger partial charge in [0.1, 0.15) is 11.2 Å². The van der Waals surface area contributed by atoms with E-state index in [0.29, 0.717) is 22.3 Å². The van der Waals surface area contributed by atoms with Crippen molar-refractivity contribution in [2.45, 2.75) is 6.54 Å². The number of rotatable bonds is 2. The minimum absolute atomic E-state index is 0.452. The molecule has 20 heavy (non-hydrogen) atoms. The van der Waals surface area contributed by atoms with Crippen LogP contribution in [0.5, 0.6) is 0 Å². The molecule has 0 aliphatic rings. The van der Waals surface area contributed by atoms with Crippen molar-refractivity contribution < 1.29 is 0 Å². The van der Waals surface area contributed by atoms with Gasteiger partial charge in [0.25, 0.3) is 0 Å². The maximum Gasteiger partial charge on any atom is 0.128 e. The number of benzene rings is 2. The third-order valence-electron chi connectivity index (χ3n) is 3.26. The van der Waals surface area contributed by atoms with Crippen LogP contribution in [0.15, 0.2) is 48.5 Å². The van der Waals surface area contributed by atoms with Gasteiger partial charge in [-0.3, -0.25) is 0 Å². The van der Waals surface area contributed by atoms with Gasteiger partial charge in [-0.05, 0) is 23.8 Å². The summed E-state index contributed by atoms with van der Waals surface area (Å²) in [4.78, 5) is 0. The van der Waals surface area contributed by atoms with E-state index in [2.05, 4.69) is 6.07 Å². The number of aromatic nitrogens is 1. The molecule has 0 saturated carbocycles. The lowest BCUT2D eigenvalue weighted by Crippen LogP contribution is -1.99. The molecule has 0 amide bonds. The molecule has 0 atom stereocenters. The predicted octanol–water partition coefficient (Wildman–Crippen LogP) is 4.87. The average molecular weight is 301 g/mol. The SMILES string of the molecule is N#Cc1c(Cl)n(Cc2ccccc2)c2cc(Cl)ccc12. The molecule has 0 saturated heterocycles. The monoisotopic (exact) mass is 300 g/mol. The smallest absolute Gasteiger partial charge is 0.128 e. The summed E-state index contributed by atoms with van der Waals surface area (Å²) in [6.45, 7) is 0.609. The van der Waals surface area contributed by atoms with Gasteiger partial charge < -0.3 is 4.57 Å². The van der Waals surface area contributed by atoms with Gasteiger partial charge in [-0.15, -0.1) is 0 Å². The van der Waals surface area contributed by atoms with Crippen LogP contribution in [0, 0.1) is 11.3 Å². The highest BCUT2D eigenvalue weighted by Gasteiger charge is 2.15. The third kappa shape index (κ3) is 2.16. The van der Waals surface area contributed by atoms with Crippen molar-refractivity contribution in [3.63, 3.8) is 0 Å². The molecule has 0 fully saturated rings. The molecule has 0 radical (unpaired) electrons. The first kappa shape index (κ1) is 13.1. The van der Waals surface area contributed by atoms with Crippen LogP contribution in [0.25, 0.3) is 10.9 Å². The lowest BCUT2D eigenvalue weighted by Gasteiger charge is -2.07. The van der Waals surface area contributed by atoms with E-state index in [0.717, 1.165) is 16.5 Å². The second-order valence-corrected chi connectivity index (χ2v) is 5.31. The summed E-state index contributed by atoms with van der Waals surface area (Å²) in [6.07, 6.45) is 0. The van der Waals surface area contributed by atoms with E-state index in [1.807, 2.05) is 47.0 Å².